The van der Waals surface area contributed by atoms with Crippen molar-refractivity contribution in [3.8, 4) is 0 Å². The van der Waals surface area contributed by atoms with Gasteiger partial charge in [-0.15, -0.1) is 0 Å². The topological polar surface area (TPSA) is 21.3 Å². The lowest BCUT2D eigenvalue weighted by Gasteiger charge is -2.13. The van der Waals surface area contributed by atoms with E-state index in [0.717, 1.165) is 33.5 Å². The Bertz CT molecular complexity index is 343. The summed E-state index contributed by atoms with van der Waals surface area (Å²) >= 11 is 0. The Kier molecular flexibility index (Phi) is 6.88. The van der Waals surface area contributed by atoms with Gasteiger partial charge in [0.1, 0.15) is 0 Å². The fourth-order valence-corrected chi connectivity index (χ4v) is 2.27. The zero-order chi connectivity index (χ0) is 13.4. The van der Waals surface area contributed by atoms with Gasteiger partial charge in [-0.3, -0.25) is 0 Å². The van der Waals surface area contributed by atoms with E-state index < -0.39 is 0 Å². The van der Waals surface area contributed by atoms with Crippen LogP contribution in [0.1, 0.15) is 30.9 Å². The molecule has 18 heavy (non-hydrogen) atoms. The first-order valence-corrected chi connectivity index (χ1v) is 7.10. The van der Waals surface area contributed by atoms with Crippen LogP contribution in [-0.4, -0.2) is 27.0 Å². The zero-order valence-electron chi connectivity index (χ0n) is 12.3. The van der Waals surface area contributed by atoms with Gasteiger partial charge in [0.05, 0.1) is 6.61 Å². The minimum absolute atomic E-state index is 0.785. The van der Waals surface area contributed by atoms with E-state index in [1.807, 2.05) is 0 Å². The van der Waals surface area contributed by atoms with Gasteiger partial charge in [-0.1, -0.05) is 36.8 Å². The molecule has 0 radical (unpaired) electrons. The molecule has 3 heteroatoms. The molecular weight excluding hydrogens is 221 g/mol. The Hall–Kier alpha value is -0.955. The molecule has 0 saturated carbocycles. The van der Waals surface area contributed by atoms with E-state index in [9.17, 15) is 0 Å². The van der Waals surface area contributed by atoms with Crippen LogP contribution in [0.5, 0.6) is 0 Å². The first-order valence-electron chi connectivity index (χ1n) is 7.10. The van der Waals surface area contributed by atoms with E-state index in [0.29, 0.717) is 0 Å². The molecule has 0 unspecified atom stereocenters. The van der Waals surface area contributed by atoms with Crippen LogP contribution in [0.4, 0.5) is 5.69 Å². The fourth-order valence-electron chi connectivity index (χ4n) is 2.27. The van der Waals surface area contributed by atoms with E-state index in [-0.39, 0.29) is 0 Å². The van der Waals surface area contributed by atoms with Gasteiger partial charge in [-0.25, -0.2) is 0 Å². The summed E-state index contributed by atoms with van der Waals surface area (Å²) in [6, 6.07) is 4.47. The van der Waals surface area contributed by atoms with Crippen LogP contribution >= 0.6 is 0 Å². The molecule has 0 atom stereocenters. The van der Waals surface area contributed by atoms with E-state index in [1.54, 1.807) is 0 Å². The largest absolute Gasteiger partial charge is 0.383 e. The number of nitrogens with one attached hydrogen (secondary N) is 1. The molecule has 2 nitrogen and oxygen atoms in total. The highest BCUT2D eigenvalue weighted by Crippen LogP contribution is 2.11. The molecule has 1 N–H and O–H groups in total. The smallest absolute Gasteiger partial charge is 0.155 e. The van der Waals surface area contributed by atoms with Crippen LogP contribution in [0.3, 0.4) is 0 Å². The monoisotopic (exact) mass is 247 g/mol. The third-order valence-corrected chi connectivity index (χ3v) is 3.27. The molecular formula is C15H26BNO. The Morgan fingerprint density at radius 3 is 2.39 bits per heavy atom. The Morgan fingerprint density at radius 1 is 1.17 bits per heavy atom. The lowest BCUT2D eigenvalue weighted by Crippen LogP contribution is -2.19. The molecule has 1 aromatic carbocycles. The molecule has 1 rings (SSSR count). The number of hydrogen-bond donors (Lipinski definition) is 1. The number of benzene rings is 1. The maximum atomic E-state index is 5.54. The van der Waals surface area contributed by atoms with Gasteiger partial charge in [0.2, 0.25) is 0 Å². The average Bonchev–Trinajstić information content (AvgIpc) is 2.33. The van der Waals surface area contributed by atoms with Crippen molar-refractivity contribution in [2.45, 2.75) is 40.4 Å². The second kappa shape index (κ2) is 8.20. The summed E-state index contributed by atoms with van der Waals surface area (Å²) in [6.45, 7) is 11.3. The lowest BCUT2D eigenvalue weighted by molar-refractivity contribution is 0.141. The van der Waals surface area contributed by atoms with Crippen molar-refractivity contribution in [3.05, 3.63) is 23.3 Å². The average molecular weight is 247 g/mol. The molecule has 0 bridgehead atoms. The highest BCUT2D eigenvalue weighted by molar-refractivity contribution is 6.53. The van der Waals surface area contributed by atoms with Crippen molar-refractivity contribution in [1.82, 2.24) is 0 Å². The van der Waals surface area contributed by atoms with Gasteiger partial charge in [0.25, 0.3) is 0 Å². The van der Waals surface area contributed by atoms with Gasteiger partial charge in [-0.05, 0) is 32.4 Å². The van der Waals surface area contributed by atoms with E-state index >= 15 is 0 Å². The number of rotatable bonds is 8. The van der Waals surface area contributed by atoms with Gasteiger partial charge in [-0.2, -0.15) is 0 Å². The van der Waals surface area contributed by atoms with Gasteiger partial charge < -0.3 is 10.1 Å². The van der Waals surface area contributed by atoms with Gasteiger partial charge in [0.15, 0.2) is 7.28 Å². The third-order valence-electron chi connectivity index (χ3n) is 3.27. The Morgan fingerprint density at radius 2 is 1.83 bits per heavy atom. The highest BCUT2D eigenvalue weighted by atomic mass is 16.5. The molecule has 0 saturated heterocycles. The SMILES string of the molecule is CBc1c(C)cc(NCCOCCCC)cc1C. The van der Waals surface area contributed by atoms with Crippen LogP contribution in [0, 0.1) is 13.8 Å². The maximum Gasteiger partial charge on any atom is 0.155 e. The number of aryl methyl sites for hydroxylation is 2. The summed E-state index contributed by atoms with van der Waals surface area (Å²) in [5.74, 6) is 0. The molecule has 0 amide bonds. The number of anilines is 1. The van der Waals surface area contributed by atoms with Crippen molar-refractivity contribution in [2.75, 3.05) is 25.1 Å². The zero-order valence-corrected chi connectivity index (χ0v) is 12.3. The number of ether oxygens (including phenoxy) is 1. The molecule has 100 valence electrons. The normalized spacial score (nSPS) is 10.4. The summed E-state index contributed by atoms with van der Waals surface area (Å²) in [6.07, 6.45) is 2.35. The number of unbranched alkanes of at least 4 members (excludes halogenated alkanes) is 1. The predicted octanol–water partition coefficient (Wildman–Crippen LogP) is 2.64. The molecule has 0 aliphatic heterocycles. The van der Waals surface area contributed by atoms with Crippen LogP contribution in [0.2, 0.25) is 6.82 Å². The first-order chi connectivity index (χ1) is 8.69. The molecule has 0 aliphatic carbocycles. The minimum Gasteiger partial charge on any atom is -0.383 e. The van der Waals surface area contributed by atoms with Crippen molar-refractivity contribution < 1.29 is 4.74 Å². The van der Waals surface area contributed by atoms with Crippen LogP contribution in [-0.2, 0) is 4.74 Å². The fraction of sp³-hybridized carbons (Fsp3) is 0.600. The molecule has 0 aromatic heterocycles. The highest BCUT2D eigenvalue weighted by Gasteiger charge is 2.03. The first kappa shape index (κ1) is 15.1. The molecule has 0 heterocycles. The van der Waals surface area contributed by atoms with E-state index in [2.05, 4.69) is 45.0 Å². The standard InChI is InChI=1S/C15H26BNO/c1-5-6-8-18-9-7-17-14-10-12(2)15(16-4)13(3)11-14/h10-11,16-17H,5-9H2,1-4H3. The van der Waals surface area contributed by atoms with Gasteiger partial charge >= 0.3 is 0 Å². The van der Waals surface area contributed by atoms with Crippen molar-refractivity contribution in [3.63, 3.8) is 0 Å². The van der Waals surface area contributed by atoms with E-state index in [4.69, 9.17) is 4.74 Å². The molecule has 0 fully saturated rings. The summed E-state index contributed by atoms with van der Waals surface area (Å²) in [4.78, 5) is 0. The molecule has 1 aromatic rings. The summed E-state index contributed by atoms with van der Waals surface area (Å²) in [5.41, 5.74) is 5.44. The second-order valence-electron chi connectivity index (χ2n) is 4.83. The van der Waals surface area contributed by atoms with Crippen LogP contribution < -0.4 is 10.8 Å². The predicted molar refractivity (Wildman–Crippen MR) is 82.8 cm³/mol. The van der Waals surface area contributed by atoms with E-state index in [1.165, 1.54) is 28.7 Å². The third kappa shape index (κ3) is 4.73. The second-order valence-corrected chi connectivity index (χ2v) is 4.83. The van der Waals surface area contributed by atoms with Crippen LogP contribution in [0.25, 0.3) is 0 Å². The van der Waals surface area contributed by atoms with Crippen molar-refractivity contribution >= 4 is 18.4 Å². The van der Waals surface area contributed by atoms with Crippen molar-refractivity contribution in [2.24, 2.45) is 0 Å². The molecule has 0 aliphatic rings. The van der Waals surface area contributed by atoms with Crippen molar-refractivity contribution in [1.29, 1.82) is 0 Å². The van der Waals surface area contributed by atoms with Crippen LogP contribution in [0.15, 0.2) is 12.1 Å². The summed E-state index contributed by atoms with van der Waals surface area (Å²) in [7, 11) is 1.11. The lowest BCUT2D eigenvalue weighted by atomic mass is 9.69. The summed E-state index contributed by atoms with van der Waals surface area (Å²) in [5, 5.41) is 3.43. The Labute approximate surface area is 112 Å². The van der Waals surface area contributed by atoms with Gasteiger partial charge in [0, 0.05) is 18.8 Å². The number of hydrogen-bond acceptors (Lipinski definition) is 2. The molecule has 0 spiro atoms. The quantitative estimate of drug-likeness (QED) is 0.563. The maximum absolute atomic E-state index is 5.54. The summed E-state index contributed by atoms with van der Waals surface area (Å²) < 4.78 is 5.54. The Balaban J connectivity index is 2.39. The minimum atomic E-state index is 0.785.